The smallest absolute Gasteiger partial charge is 0.261 e. The van der Waals surface area contributed by atoms with E-state index in [1.807, 2.05) is 19.9 Å². The van der Waals surface area contributed by atoms with Gasteiger partial charge in [-0.2, -0.15) is 0 Å². The number of rotatable bonds is 6. The lowest BCUT2D eigenvalue weighted by molar-refractivity contribution is 0.0773. The van der Waals surface area contributed by atoms with Gasteiger partial charge in [0, 0.05) is 24.3 Å². The SMILES string of the molecule is CCN(CC)C(=O)c1ccc(NS(=O)(=O)c2ccc3c(c2)CCC3)cc1. The molecule has 26 heavy (non-hydrogen) atoms. The number of aryl methyl sites for hydroxylation is 2. The fraction of sp³-hybridized carbons (Fsp3) is 0.350. The third-order valence-corrected chi connectivity index (χ3v) is 6.19. The van der Waals surface area contributed by atoms with Gasteiger partial charge in [0.1, 0.15) is 0 Å². The molecule has 0 atom stereocenters. The first-order valence-electron chi connectivity index (χ1n) is 8.98. The highest BCUT2D eigenvalue weighted by atomic mass is 32.2. The lowest BCUT2D eigenvalue weighted by atomic mass is 10.1. The Bertz CT molecular complexity index is 901. The molecule has 0 spiro atoms. The third-order valence-electron chi connectivity index (χ3n) is 4.81. The normalized spacial score (nSPS) is 13.3. The number of benzene rings is 2. The maximum absolute atomic E-state index is 12.6. The van der Waals surface area contributed by atoms with Gasteiger partial charge >= 0.3 is 0 Å². The van der Waals surface area contributed by atoms with Crippen LogP contribution in [0.1, 0.15) is 41.8 Å². The molecule has 1 aliphatic rings. The van der Waals surface area contributed by atoms with Gasteiger partial charge in [0.2, 0.25) is 0 Å². The van der Waals surface area contributed by atoms with Crippen molar-refractivity contribution in [1.29, 1.82) is 0 Å². The van der Waals surface area contributed by atoms with E-state index >= 15 is 0 Å². The standard InChI is InChI=1S/C20H24N2O3S/c1-3-22(4-2)20(23)16-8-11-18(12-9-16)21-26(24,25)19-13-10-15-6-5-7-17(15)14-19/h8-14,21H,3-7H2,1-2H3. The Labute approximate surface area is 155 Å². The van der Waals surface area contributed by atoms with Crippen LogP contribution < -0.4 is 4.72 Å². The first-order valence-corrected chi connectivity index (χ1v) is 10.5. The summed E-state index contributed by atoms with van der Waals surface area (Å²) in [6, 6.07) is 11.9. The van der Waals surface area contributed by atoms with Crippen molar-refractivity contribution in [3.05, 3.63) is 59.2 Å². The van der Waals surface area contributed by atoms with Crippen molar-refractivity contribution in [2.24, 2.45) is 0 Å². The average molecular weight is 372 g/mol. The summed E-state index contributed by atoms with van der Waals surface area (Å²) in [7, 11) is -3.64. The number of amides is 1. The van der Waals surface area contributed by atoms with Crippen molar-refractivity contribution in [3.8, 4) is 0 Å². The van der Waals surface area contributed by atoms with E-state index in [2.05, 4.69) is 4.72 Å². The van der Waals surface area contributed by atoms with Gasteiger partial charge in [-0.25, -0.2) is 8.42 Å². The van der Waals surface area contributed by atoms with Crippen molar-refractivity contribution >= 4 is 21.6 Å². The van der Waals surface area contributed by atoms with Crippen molar-refractivity contribution in [2.75, 3.05) is 17.8 Å². The molecule has 0 fully saturated rings. The van der Waals surface area contributed by atoms with Crippen molar-refractivity contribution < 1.29 is 13.2 Å². The molecule has 0 heterocycles. The van der Waals surface area contributed by atoms with Crippen LogP contribution in [0, 0.1) is 0 Å². The molecule has 1 N–H and O–H groups in total. The second-order valence-electron chi connectivity index (χ2n) is 6.44. The van der Waals surface area contributed by atoms with Gasteiger partial charge < -0.3 is 4.90 Å². The van der Waals surface area contributed by atoms with E-state index < -0.39 is 10.0 Å². The quantitative estimate of drug-likeness (QED) is 0.844. The summed E-state index contributed by atoms with van der Waals surface area (Å²) in [5.74, 6) is -0.0528. The molecular weight excluding hydrogens is 348 g/mol. The van der Waals surface area contributed by atoms with Gasteiger partial charge in [0.05, 0.1) is 4.90 Å². The van der Waals surface area contributed by atoms with E-state index in [4.69, 9.17) is 0 Å². The molecule has 138 valence electrons. The Morgan fingerprint density at radius 2 is 1.65 bits per heavy atom. The Morgan fingerprint density at radius 1 is 1.00 bits per heavy atom. The molecule has 0 unspecified atom stereocenters. The zero-order valence-corrected chi connectivity index (χ0v) is 16.0. The van der Waals surface area contributed by atoms with Crippen LogP contribution in [-0.2, 0) is 22.9 Å². The first-order chi connectivity index (χ1) is 12.4. The fourth-order valence-electron chi connectivity index (χ4n) is 3.30. The predicted octanol–water partition coefficient (Wildman–Crippen LogP) is 3.46. The average Bonchev–Trinajstić information content (AvgIpc) is 3.10. The van der Waals surface area contributed by atoms with Crippen LogP contribution in [0.4, 0.5) is 5.69 Å². The highest BCUT2D eigenvalue weighted by Crippen LogP contribution is 2.26. The molecule has 0 aromatic heterocycles. The molecule has 1 aliphatic carbocycles. The van der Waals surface area contributed by atoms with Crippen LogP contribution >= 0.6 is 0 Å². The van der Waals surface area contributed by atoms with Crippen molar-refractivity contribution in [3.63, 3.8) is 0 Å². The lowest BCUT2D eigenvalue weighted by Crippen LogP contribution is -2.30. The summed E-state index contributed by atoms with van der Waals surface area (Å²) >= 11 is 0. The number of nitrogens with one attached hydrogen (secondary N) is 1. The monoisotopic (exact) mass is 372 g/mol. The van der Waals surface area contributed by atoms with Gasteiger partial charge in [-0.15, -0.1) is 0 Å². The Balaban J connectivity index is 1.77. The van der Waals surface area contributed by atoms with E-state index in [1.54, 1.807) is 41.3 Å². The molecule has 0 aliphatic heterocycles. The Morgan fingerprint density at radius 3 is 2.31 bits per heavy atom. The number of sulfonamides is 1. The molecule has 2 aromatic carbocycles. The molecule has 6 heteroatoms. The summed E-state index contributed by atoms with van der Waals surface area (Å²) in [6.07, 6.45) is 3.03. The number of hydrogen-bond acceptors (Lipinski definition) is 3. The zero-order valence-electron chi connectivity index (χ0n) is 15.2. The molecular formula is C20H24N2O3S. The van der Waals surface area contributed by atoms with Crippen molar-refractivity contribution in [2.45, 2.75) is 38.0 Å². The molecule has 3 rings (SSSR count). The maximum atomic E-state index is 12.6. The number of hydrogen-bond donors (Lipinski definition) is 1. The second-order valence-corrected chi connectivity index (χ2v) is 8.13. The first kappa shape index (κ1) is 18.5. The second kappa shape index (κ2) is 7.50. The van der Waals surface area contributed by atoms with E-state index in [0.717, 1.165) is 24.8 Å². The lowest BCUT2D eigenvalue weighted by Gasteiger charge is -2.18. The Kier molecular flexibility index (Phi) is 5.32. The minimum atomic E-state index is -3.64. The van der Waals surface area contributed by atoms with Crippen LogP contribution in [0.25, 0.3) is 0 Å². The molecule has 2 aromatic rings. The summed E-state index contributed by atoms with van der Waals surface area (Å²) < 4.78 is 27.9. The topological polar surface area (TPSA) is 66.5 Å². The van der Waals surface area contributed by atoms with Gasteiger partial charge in [-0.3, -0.25) is 9.52 Å². The van der Waals surface area contributed by atoms with Gasteiger partial charge in [0.15, 0.2) is 0 Å². The summed E-state index contributed by atoms with van der Waals surface area (Å²) in [5.41, 5.74) is 3.35. The maximum Gasteiger partial charge on any atom is 0.261 e. The largest absolute Gasteiger partial charge is 0.339 e. The number of nitrogens with zero attached hydrogens (tertiary/aromatic N) is 1. The van der Waals surface area contributed by atoms with E-state index in [9.17, 15) is 13.2 Å². The van der Waals surface area contributed by atoms with Crippen LogP contribution in [0.15, 0.2) is 47.4 Å². The summed E-state index contributed by atoms with van der Waals surface area (Å²) in [4.78, 5) is 14.3. The highest BCUT2D eigenvalue weighted by Gasteiger charge is 2.19. The molecule has 0 saturated heterocycles. The minimum Gasteiger partial charge on any atom is -0.339 e. The van der Waals surface area contributed by atoms with Crippen LogP contribution in [0.3, 0.4) is 0 Å². The summed E-state index contributed by atoms with van der Waals surface area (Å²) in [5, 5.41) is 0. The molecule has 5 nitrogen and oxygen atoms in total. The number of fused-ring (bicyclic) bond motifs is 1. The highest BCUT2D eigenvalue weighted by molar-refractivity contribution is 7.92. The van der Waals surface area contributed by atoms with E-state index in [1.165, 1.54) is 5.56 Å². The molecule has 1 amide bonds. The number of carbonyl (C=O) groups excluding carboxylic acids is 1. The van der Waals surface area contributed by atoms with E-state index in [-0.39, 0.29) is 10.8 Å². The fourth-order valence-corrected chi connectivity index (χ4v) is 4.41. The molecule has 0 radical (unpaired) electrons. The van der Waals surface area contributed by atoms with Gasteiger partial charge in [0.25, 0.3) is 15.9 Å². The van der Waals surface area contributed by atoms with Crippen LogP contribution in [-0.4, -0.2) is 32.3 Å². The summed E-state index contributed by atoms with van der Waals surface area (Å²) in [6.45, 7) is 5.14. The van der Waals surface area contributed by atoms with Gasteiger partial charge in [-0.05, 0) is 80.6 Å². The Hall–Kier alpha value is -2.34. The zero-order chi connectivity index (χ0) is 18.7. The predicted molar refractivity (Wildman–Crippen MR) is 103 cm³/mol. The van der Waals surface area contributed by atoms with Crippen LogP contribution in [0.5, 0.6) is 0 Å². The number of carbonyl (C=O) groups is 1. The van der Waals surface area contributed by atoms with E-state index in [0.29, 0.717) is 24.3 Å². The van der Waals surface area contributed by atoms with Crippen molar-refractivity contribution in [1.82, 2.24) is 4.90 Å². The third kappa shape index (κ3) is 3.75. The molecule has 0 saturated carbocycles. The van der Waals surface area contributed by atoms with Gasteiger partial charge in [-0.1, -0.05) is 6.07 Å². The number of anilines is 1. The molecule has 0 bridgehead atoms. The minimum absolute atomic E-state index is 0.0528. The van der Waals surface area contributed by atoms with Crippen LogP contribution in [0.2, 0.25) is 0 Å².